The zero-order valence-corrected chi connectivity index (χ0v) is 20.8. The molecule has 7 nitrogen and oxygen atoms in total. The maximum Gasteiger partial charge on any atom is 0.319 e. The standard InChI is InChI=1S/C24H35N5O2S/c1-7-28(8-2)21(30)19-16(3)25-23-29(14-9-15-32-23)20(19)17-10-12-18(13-11-17)26-22(31)27-24(4,5)6/h10-13,20H,7-9,14-15H2,1-6H3,(H2,26,27,31). The van der Waals surface area contributed by atoms with Gasteiger partial charge in [0.2, 0.25) is 0 Å². The Morgan fingerprint density at radius 3 is 2.44 bits per heavy atom. The molecule has 0 radical (unpaired) electrons. The summed E-state index contributed by atoms with van der Waals surface area (Å²) in [7, 11) is 0. The van der Waals surface area contributed by atoms with Crippen molar-refractivity contribution in [3.63, 3.8) is 0 Å². The molecule has 1 atom stereocenters. The van der Waals surface area contributed by atoms with Crippen LogP contribution in [0.3, 0.4) is 0 Å². The fraction of sp³-hybridized carbons (Fsp3) is 0.542. The highest BCUT2D eigenvalue weighted by Gasteiger charge is 2.38. The van der Waals surface area contributed by atoms with Gasteiger partial charge in [0.25, 0.3) is 5.91 Å². The second kappa shape index (κ2) is 9.98. The van der Waals surface area contributed by atoms with Crippen LogP contribution in [0.1, 0.15) is 59.6 Å². The second-order valence-electron chi connectivity index (χ2n) is 9.12. The molecule has 32 heavy (non-hydrogen) atoms. The minimum atomic E-state index is -0.310. The number of carbonyl (C=O) groups is 2. The number of rotatable bonds is 5. The maximum absolute atomic E-state index is 13.5. The molecule has 0 spiro atoms. The normalized spacial score (nSPS) is 18.6. The van der Waals surface area contributed by atoms with E-state index in [1.807, 2.05) is 70.7 Å². The van der Waals surface area contributed by atoms with Crippen molar-refractivity contribution in [2.45, 2.75) is 59.5 Å². The topological polar surface area (TPSA) is 77.0 Å². The lowest BCUT2D eigenvalue weighted by atomic mass is 9.93. The van der Waals surface area contributed by atoms with Gasteiger partial charge in [-0.25, -0.2) is 9.79 Å². The van der Waals surface area contributed by atoms with Gasteiger partial charge in [0.15, 0.2) is 5.17 Å². The number of likely N-dealkylation sites (N-methyl/N-ethyl adjacent to an activating group) is 1. The van der Waals surface area contributed by atoms with E-state index >= 15 is 0 Å². The highest BCUT2D eigenvalue weighted by Crippen LogP contribution is 2.40. The first-order chi connectivity index (χ1) is 15.1. The molecule has 0 aromatic heterocycles. The van der Waals surface area contributed by atoms with Crippen molar-refractivity contribution in [3.8, 4) is 0 Å². The largest absolute Gasteiger partial charge is 0.340 e. The third kappa shape index (κ3) is 5.46. The van der Waals surface area contributed by atoms with Gasteiger partial charge in [-0.15, -0.1) is 0 Å². The van der Waals surface area contributed by atoms with Crippen molar-refractivity contribution >= 4 is 34.6 Å². The molecule has 1 saturated heterocycles. The summed E-state index contributed by atoms with van der Waals surface area (Å²) in [4.78, 5) is 34.6. The molecule has 2 aliphatic heterocycles. The molecule has 3 amide bonds. The molecule has 3 rings (SSSR count). The van der Waals surface area contributed by atoms with E-state index in [0.29, 0.717) is 18.8 Å². The first-order valence-electron chi connectivity index (χ1n) is 11.3. The summed E-state index contributed by atoms with van der Waals surface area (Å²) in [5.41, 5.74) is 2.96. The third-order valence-electron chi connectivity index (χ3n) is 5.51. The number of amides is 3. The van der Waals surface area contributed by atoms with E-state index in [1.54, 1.807) is 11.8 Å². The van der Waals surface area contributed by atoms with E-state index < -0.39 is 0 Å². The Morgan fingerprint density at radius 1 is 1.19 bits per heavy atom. The number of thioether (sulfide) groups is 1. The molecule has 0 aliphatic carbocycles. The quantitative estimate of drug-likeness (QED) is 0.678. The van der Waals surface area contributed by atoms with Gasteiger partial charge >= 0.3 is 6.03 Å². The number of carbonyl (C=O) groups excluding carboxylic acids is 2. The summed E-state index contributed by atoms with van der Waals surface area (Å²) < 4.78 is 0. The fourth-order valence-electron chi connectivity index (χ4n) is 4.02. The molecule has 1 aromatic carbocycles. The highest BCUT2D eigenvalue weighted by atomic mass is 32.2. The number of hydrogen-bond acceptors (Lipinski definition) is 5. The van der Waals surface area contributed by atoms with E-state index in [-0.39, 0.29) is 23.5 Å². The molecule has 1 aromatic rings. The van der Waals surface area contributed by atoms with Gasteiger partial charge in [-0.05, 0) is 65.7 Å². The van der Waals surface area contributed by atoms with E-state index in [2.05, 4.69) is 15.5 Å². The Hall–Kier alpha value is -2.48. The van der Waals surface area contributed by atoms with Crippen molar-refractivity contribution in [2.75, 3.05) is 30.7 Å². The Bertz CT molecular complexity index is 913. The molecule has 0 saturated carbocycles. The summed E-state index contributed by atoms with van der Waals surface area (Å²) >= 11 is 1.75. The zero-order valence-electron chi connectivity index (χ0n) is 20.0. The first kappa shape index (κ1) is 24.2. The lowest BCUT2D eigenvalue weighted by Gasteiger charge is -2.41. The van der Waals surface area contributed by atoms with Gasteiger partial charge < -0.3 is 20.4 Å². The smallest absolute Gasteiger partial charge is 0.319 e. The summed E-state index contributed by atoms with van der Waals surface area (Å²) in [6.07, 6.45) is 1.05. The molecule has 8 heteroatoms. The summed E-state index contributed by atoms with van der Waals surface area (Å²) in [5.74, 6) is 1.09. The zero-order chi connectivity index (χ0) is 23.5. The average molecular weight is 458 g/mol. The number of amidine groups is 1. The van der Waals surface area contributed by atoms with Crippen molar-refractivity contribution in [2.24, 2.45) is 4.99 Å². The fourth-order valence-corrected chi connectivity index (χ4v) is 5.04. The first-order valence-corrected chi connectivity index (χ1v) is 12.3. The molecule has 0 bridgehead atoms. The van der Waals surface area contributed by atoms with Crippen LogP contribution in [0.4, 0.5) is 10.5 Å². The molecule has 2 heterocycles. The number of urea groups is 1. The van der Waals surface area contributed by atoms with E-state index in [0.717, 1.165) is 40.7 Å². The monoisotopic (exact) mass is 457 g/mol. The SMILES string of the molecule is CCN(CC)C(=O)C1=C(C)N=C2SCCCN2C1c1ccc(NC(=O)NC(C)(C)C)cc1. The van der Waals surface area contributed by atoms with Gasteiger partial charge in [-0.1, -0.05) is 23.9 Å². The predicted molar refractivity (Wildman–Crippen MR) is 133 cm³/mol. The number of fused-ring (bicyclic) bond motifs is 1. The Morgan fingerprint density at radius 2 is 1.84 bits per heavy atom. The van der Waals surface area contributed by atoms with Crippen molar-refractivity contribution in [1.29, 1.82) is 0 Å². The summed E-state index contributed by atoms with van der Waals surface area (Å²) in [5, 5.41) is 6.77. The molecule has 2 N–H and O–H groups in total. The van der Waals surface area contributed by atoms with Crippen LogP contribution in [-0.4, -0.2) is 57.8 Å². The second-order valence-corrected chi connectivity index (χ2v) is 10.2. The molecule has 2 aliphatic rings. The van der Waals surface area contributed by atoms with E-state index in [4.69, 9.17) is 4.99 Å². The van der Waals surface area contributed by atoms with Crippen LogP contribution in [0.2, 0.25) is 0 Å². The maximum atomic E-state index is 13.5. The van der Waals surface area contributed by atoms with Gasteiger partial charge in [0.05, 0.1) is 17.3 Å². The van der Waals surface area contributed by atoms with Crippen LogP contribution in [0, 0.1) is 0 Å². The van der Waals surface area contributed by atoms with E-state index in [1.165, 1.54) is 0 Å². The number of nitrogens with zero attached hydrogens (tertiary/aromatic N) is 3. The number of hydrogen-bond donors (Lipinski definition) is 2. The van der Waals surface area contributed by atoms with Crippen molar-refractivity contribution in [1.82, 2.24) is 15.1 Å². The minimum absolute atomic E-state index is 0.0441. The van der Waals surface area contributed by atoms with E-state index in [9.17, 15) is 9.59 Å². The Labute approximate surface area is 195 Å². The highest BCUT2D eigenvalue weighted by molar-refractivity contribution is 8.13. The van der Waals surface area contributed by atoms with Crippen LogP contribution < -0.4 is 10.6 Å². The predicted octanol–water partition coefficient (Wildman–Crippen LogP) is 4.60. The molecule has 1 fully saturated rings. The Kier molecular flexibility index (Phi) is 7.54. The summed E-state index contributed by atoms with van der Waals surface area (Å²) in [6, 6.07) is 7.38. The molecule has 174 valence electrons. The van der Waals surface area contributed by atoms with Gasteiger partial charge in [0.1, 0.15) is 0 Å². The van der Waals surface area contributed by atoms with Crippen LogP contribution in [0.5, 0.6) is 0 Å². The van der Waals surface area contributed by atoms with Crippen LogP contribution >= 0.6 is 11.8 Å². The Balaban J connectivity index is 1.92. The minimum Gasteiger partial charge on any atom is -0.340 e. The third-order valence-corrected chi connectivity index (χ3v) is 6.59. The van der Waals surface area contributed by atoms with Gasteiger partial charge in [0, 0.05) is 36.6 Å². The number of anilines is 1. The van der Waals surface area contributed by atoms with Crippen molar-refractivity contribution < 1.29 is 9.59 Å². The lowest BCUT2D eigenvalue weighted by Crippen LogP contribution is -2.45. The van der Waals surface area contributed by atoms with Gasteiger partial charge in [-0.2, -0.15) is 0 Å². The molecular weight excluding hydrogens is 422 g/mol. The van der Waals surface area contributed by atoms with Gasteiger partial charge in [-0.3, -0.25) is 4.79 Å². The molecular formula is C24H35N5O2S. The number of benzene rings is 1. The lowest BCUT2D eigenvalue weighted by molar-refractivity contribution is -0.127. The van der Waals surface area contributed by atoms with Crippen LogP contribution in [0.15, 0.2) is 40.5 Å². The average Bonchev–Trinajstić information content (AvgIpc) is 2.72. The van der Waals surface area contributed by atoms with Crippen molar-refractivity contribution in [3.05, 3.63) is 41.1 Å². The number of aliphatic imine (C=N–C) groups is 1. The van der Waals surface area contributed by atoms with Crippen LogP contribution in [0.25, 0.3) is 0 Å². The molecule has 1 unspecified atom stereocenters. The number of allylic oxidation sites excluding steroid dienone is 1. The van der Waals surface area contributed by atoms with Crippen LogP contribution in [-0.2, 0) is 4.79 Å². The number of nitrogens with one attached hydrogen (secondary N) is 2. The summed E-state index contributed by atoms with van der Waals surface area (Å²) in [6.45, 7) is 14.0.